The summed E-state index contributed by atoms with van der Waals surface area (Å²) in [6, 6.07) is 0. The molecule has 1 aromatic heterocycles. The third-order valence-electron chi connectivity index (χ3n) is 5.03. The molecule has 0 aromatic carbocycles. The van der Waals surface area contributed by atoms with Crippen molar-refractivity contribution in [2.45, 2.75) is 98.3 Å². The average molecular weight is 408 g/mol. The van der Waals surface area contributed by atoms with Crippen molar-refractivity contribution in [2.75, 3.05) is 18.5 Å². The normalized spacial score (nSPS) is 11.9. The molecule has 1 aromatic rings. The molecule has 29 heavy (non-hydrogen) atoms. The van der Waals surface area contributed by atoms with E-state index in [0.717, 1.165) is 12.8 Å². The van der Waals surface area contributed by atoms with E-state index < -0.39 is 0 Å². The maximum absolute atomic E-state index is 12.6. The third kappa shape index (κ3) is 10.5. The van der Waals surface area contributed by atoms with Crippen LogP contribution in [-0.2, 0) is 4.79 Å². The van der Waals surface area contributed by atoms with Crippen LogP contribution in [0.4, 0.5) is 5.69 Å². The SMILES string of the molecule is CCCCCCCCCCCCC(C)C(=O)Nc1c(OCC)ncnc1OCC. The summed E-state index contributed by atoms with van der Waals surface area (Å²) in [5, 5.41) is 2.92. The second-order valence-electron chi connectivity index (χ2n) is 7.59. The van der Waals surface area contributed by atoms with Crippen LogP contribution in [0.5, 0.6) is 11.8 Å². The number of unbranched alkanes of at least 4 members (excludes halogenated alkanes) is 9. The molecular weight excluding hydrogens is 366 g/mol. The number of hydrogen-bond acceptors (Lipinski definition) is 5. The minimum absolute atomic E-state index is 0.0439. The fourth-order valence-electron chi connectivity index (χ4n) is 3.27. The summed E-state index contributed by atoms with van der Waals surface area (Å²) in [7, 11) is 0. The molecule has 1 amide bonds. The minimum Gasteiger partial charge on any atom is -0.476 e. The summed E-state index contributed by atoms with van der Waals surface area (Å²) < 4.78 is 11.1. The second kappa shape index (κ2) is 16.0. The van der Waals surface area contributed by atoms with Crippen LogP contribution in [-0.4, -0.2) is 29.1 Å². The first-order valence-corrected chi connectivity index (χ1v) is 11.5. The van der Waals surface area contributed by atoms with Gasteiger partial charge in [0.15, 0.2) is 5.69 Å². The van der Waals surface area contributed by atoms with E-state index in [-0.39, 0.29) is 11.8 Å². The zero-order valence-corrected chi connectivity index (χ0v) is 19.0. The van der Waals surface area contributed by atoms with E-state index in [1.165, 1.54) is 64.1 Å². The summed E-state index contributed by atoms with van der Waals surface area (Å²) in [4.78, 5) is 20.9. The van der Waals surface area contributed by atoms with Crippen molar-refractivity contribution in [1.29, 1.82) is 0 Å². The Bertz CT molecular complexity index is 542. The first-order chi connectivity index (χ1) is 14.1. The van der Waals surface area contributed by atoms with E-state index in [9.17, 15) is 4.79 Å². The minimum atomic E-state index is -0.0757. The molecule has 0 saturated carbocycles. The van der Waals surface area contributed by atoms with Gasteiger partial charge in [-0.15, -0.1) is 0 Å². The highest BCUT2D eigenvalue weighted by Crippen LogP contribution is 2.31. The Hall–Kier alpha value is -1.85. The summed E-state index contributed by atoms with van der Waals surface area (Å²) in [6.45, 7) is 8.89. The predicted octanol–water partition coefficient (Wildman–Crippen LogP) is 6.16. The molecule has 6 nitrogen and oxygen atoms in total. The first-order valence-electron chi connectivity index (χ1n) is 11.5. The van der Waals surface area contributed by atoms with Gasteiger partial charge in [-0.3, -0.25) is 4.79 Å². The number of rotatable bonds is 17. The van der Waals surface area contributed by atoms with Gasteiger partial charge < -0.3 is 14.8 Å². The van der Waals surface area contributed by atoms with Gasteiger partial charge in [0.05, 0.1) is 13.2 Å². The number of carbonyl (C=O) groups is 1. The zero-order valence-electron chi connectivity index (χ0n) is 19.0. The molecule has 166 valence electrons. The van der Waals surface area contributed by atoms with E-state index >= 15 is 0 Å². The standard InChI is InChI=1S/C23H41N3O3/c1-5-8-9-10-11-12-13-14-15-16-17-19(4)21(27)26-20-22(28-6-2)24-18-25-23(20)29-7-3/h18-19H,5-17H2,1-4H3,(H,26,27). The lowest BCUT2D eigenvalue weighted by Crippen LogP contribution is -2.22. The van der Waals surface area contributed by atoms with Crippen LogP contribution >= 0.6 is 0 Å². The van der Waals surface area contributed by atoms with Gasteiger partial charge in [0, 0.05) is 5.92 Å². The Balaban J connectivity index is 2.34. The number of amides is 1. The van der Waals surface area contributed by atoms with E-state index in [2.05, 4.69) is 22.2 Å². The number of ether oxygens (including phenoxy) is 2. The highest BCUT2D eigenvalue weighted by molar-refractivity contribution is 5.94. The van der Waals surface area contributed by atoms with Gasteiger partial charge in [0.2, 0.25) is 17.7 Å². The fourth-order valence-corrected chi connectivity index (χ4v) is 3.27. The Kier molecular flexibility index (Phi) is 13.9. The van der Waals surface area contributed by atoms with Gasteiger partial charge in [-0.1, -0.05) is 78.1 Å². The molecule has 0 spiro atoms. The molecule has 0 bridgehead atoms. The summed E-state index contributed by atoms with van der Waals surface area (Å²) in [5.74, 6) is 0.585. The van der Waals surface area contributed by atoms with Gasteiger partial charge in [-0.2, -0.15) is 9.97 Å². The van der Waals surface area contributed by atoms with Crippen LogP contribution in [0.1, 0.15) is 98.3 Å². The van der Waals surface area contributed by atoms with Crippen LogP contribution in [0, 0.1) is 5.92 Å². The van der Waals surface area contributed by atoms with E-state index in [1.807, 2.05) is 20.8 Å². The molecule has 1 heterocycles. The lowest BCUT2D eigenvalue weighted by molar-refractivity contribution is -0.119. The Morgan fingerprint density at radius 2 is 1.34 bits per heavy atom. The van der Waals surface area contributed by atoms with Gasteiger partial charge in [-0.25, -0.2) is 0 Å². The molecule has 1 N–H and O–H groups in total. The maximum atomic E-state index is 12.6. The van der Waals surface area contributed by atoms with Crippen molar-refractivity contribution >= 4 is 11.6 Å². The molecular formula is C23H41N3O3. The third-order valence-corrected chi connectivity index (χ3v) is 5.03. The summed E-state index contributed by atoms with van der Waals surface area (Å²) in [5.41, 5.74) is 0.427. The molecule has 0 saturated heterocycles. The van der Waals surface area contributed by atoms with E-state index in [4.69, 9.17) is 9.47 Å². The fraction of sp³-hybridized carbons (Fsp3) is 0.783. The quantitative estimate of drug-likeness (QED) is 0.313. The van der Waals surface area contributed by atoms with Crippen LogP contribution < -0.4 is 14.8 Å². The zero-order chi connectivity index (χ0) is 21.3. The van der Waals surface area contributed by atoms with Gasteiger partial charge in [0.25, 0.3) is 0 Å². The Labute approximate surface area is 177 Å². The number of nitrogens with one attached hydrogen (secondary N) is 1. The van der Waals surface area contributed by atoms with Crippen molar-refractivity contribution < 1.29 is 14.3 Å². The van der Waals surface area contributed by atoms with Crippen LogP contribution in [0.2, 0.25) is 0 Å². The molecule has 1 unspecified atom stereocenters. The van der Waals surface area contributed by atoms with Crippen LogP contribution in [0.25, 0.3) is 0 Å². The molecule has 0 aliphatic heterocycles. The summed E-state index contributed by atoms with van der Waals surface area (Å²) in [6.07, 6.45) is 15.2. The van der Waals surface area contributed by atoms with Crippen molar-refractivity contribution in [3.63, 3.8) is 0 Å². The average Bonchev–Trinajstić information content (AvgIpc) is 2.71. The highest BCUT2D eigenvalue weighted by atomic mass is 16.5. The molecule has 0 radical (unpaired) electrons. The van der Waals surface area contributed by atoms with Crippen molar-refractivity contribution in [2.24, 2.45) is 5.92 Å². The van der Waals surface area contributed by atoms with Gasteiger partial charge in [-0.05, 0) is 20.3 Å². The van der Waals surface area contributed by atoms with E-state index in [0.29, 0.717) is 30.7 Å². The molecule has 6 heteroatoms. The lowest BCUT2D eigenvalue weighted by Gasteiger charge is -2.16. The van der Waals surface area contributed by atoms with Gasteiger partial charge >= 0.3 is 0 Å². The molecule has 0 fully saturated rings. The number of carbonyl (C=O) groups excluding carboxylic acids is 1. The van der Waals surface area contributed by atoms with E-state index in [1.54, 1.807) is 0 Å². The smallest absolute Gasteiger partial charge is 0.245 e. The van der Waals surface area contributed by atoms with Crippen molar-refractivity contribution in [3.05, 3.63) is 6.33 Å². The topological polar surface area (TPSA) is 73.3 Å². The monoisotopic (exact) mass is 407 g/mol. The number of anilines is 1. The predicted molar refractivity (Wildman–Crippen MR) is 119 cm³/mol. The molecule has 1 atom stereocenters. The lowest BCUT2D eigenvalue weighted by atomic mass is 10.0. The Morgan fingerprint density at radius 3 is 1.83 bits per heavy atom. The second-order valence-corrected chi connectivity index (χ2v) is 7.59. The number of hydrogen-bond donors (Lipinski definition) is 1. The Morgan fingerprint density at radius 1 is 0.862 bits per heavy atom. The summed E-state index contributed by atoms with van der Waals surface area (Å²) >= 11 is 0. The molecule has 1 rings (SSSR count). The number of aromatic nitrogens is 2. The first kappa shape index (κ1) is 25.2. The largest absolute Gasteiger partial charge is 0.476 e. The molecule has 0 aliphatic carbocycles. The maximum Gasteiger partial charge on any atom is 0.245 e. The van der Waals surface area contributed by atoms with Crippen LogP contribution in [0.3, 0.4) is 0 Å². The highest BCUT2D eigenvalue weighted by Gasteiger charge is 2.20. The number of nitrogens with zero attached hydrogens (tertiary/aromatic N) is 2. The van der Waals surface area contributed by atoms with Crippen molar-refractivity contribution in [3.8, 4) is 11.8 Å². The van der Waals surface area contributed by atoms with Gasteiger partial charge in [0.1, 0.15) is 6.33 Å². The molecule has 0 aliphatic rings. The van der Waals surface area contributed by atoms with Crippen LogP contribution in [0.15, 0.2) is 6.33 Å². The van der Waals surface area contributed by atoms with Crippen molar-refractivity contribution in [1.82, 2.24) is 9.97 Å².